The molecule has 0 unspecified atom stereocenters. The first kappa shape index (κ1) is 17.1. The summed E-state index contributed by atoms with van der Waals surface area (Å²) in [6.45, 7) is 3.77. The molecule has 0 radical (unpaired) electrons. The van der Waals surface area contributed by atoms with Crippen LogP contribution in [-0.2, 0) is 9.53 Å². The van der Waals surface area contributed by atoms with Crippen LogP contribution in [0.15, 0.2) is 27.9 Å². The lowest BCUT2D eigenvalue weighted by atomic mass is 9.95. The summed E-state index contributed by atoms with van der Waals surface area (Å²) in [5.74, 6) is -0.492. The van der Waals surface area contributed by atoms with E-state index in [4.69, 9.17) is 28.6 Å². The summed E-state index contributed by atoms with van der Waals surface area (Å²) in [4.78, 5) is 12.2. The van der Waals surface area contributed by atoms with E-state index in [1.54, 1.807) is 26.0 Å². The lowest BCUT2D eigenvalue weighted by Gasteiger charge is -2.30. The minimum absolute atomic E-state index is 0.0553. The predicted octanol–water partition coefficient (Wildman–Crippen LogP) is 3.16. The summed E-state index contributed by atoms with van der Waals surface area (Å²) in [7, 11) is 0. The molecule has 22 heavy (non-hydrogen) atoms. The molecule has 1 aromatic carbocycles. The number of aromatic hydroxyl groups is 1. The van der Waals surface area contributed by atoms with Gasteiger partial charge in [-0.15, -0.1) is 0 Å². The first-order valence-electron chi connectivity index (χ1n) is 6.48. The van der Waals surface area contributed by atoms with Crippen LogP contribution in [0.4, 0.5) is 0 Å². The van der Waals surface area contributed by atoms with E-state index in [9.17, 15) is 9.90 Å². The second-order valence-electron chi connectivity index (χ2n) is 4.62. The summed E-state index contributed by atoms with van der Waals surface area (Å²) < 4.78 is 5.54. The molecule has 0 fully saturated rings. The van der Waals surface area contributed by atoms with E-state index in [2.05, 4.69) is 26.6 Å². The first-order valence-corrected chi connectivity index (χ1v) is 8.06. The second kappa shape index (κ2) is 6.85. The maximum atomic E-state index is 12.2. The quantitative estimate of drug-likeness (QED) is 0.530. The van der Waals surface area contributed by atoms with Crippen molar-refractivity contribution >= 4 is 50.8 Å². The average Bonchev–Trinajstić information content (AvgIpc) is 2.43. The first-order chi connectivity index (χ1) is 10.3. The number of allylic oxidation sites excluding steroid dienone is 1. The van der Waals surface area contributed by atoms with E-state index in [1.807, 2.05) is 0 Å². The van der Waals surface area contributed by atoms with Gasteiger partial charge in [-0.05, 0) is 59.7 Å². The Balaban J connectivity index is 2.52. The van der Waals surface area contributed by atoms with Gasteiger partial charge in [0.1, 0.15) is 5.75 Å². The highest BCUT2D eigenvalue weighted by atomic mass is 79.9. The summed E-state index contributed by atoms with van der Waals surface area (Å²) in [6.07, 6.45) is 0. The molecule has 1 aliphatic rings. The number of hydrogen-bond acceptors (Lipinski definition) is 4. The van der Waals surface area contributed by atoms with Crippen molar-refractivity contribution in [2.75, 3.05) is 6.61 Å². The van der Waals surface area contributed by atoms with E-state index in [0.29, 0.717) is 26.4 Å². The third kappa shape index (κ3) is 3.37. The van der Waals surface area contributed by atoms with Crippen LogP contribution in [0.2, 0.25) is 5.02 Å². The molecule has 3 N–H and O–H groups in total. The SMILES string of the molecule is CCOC(=O)C1=C(C)NC(=S)N[C@@H]1c1cc(Cl)c(O)c(Br)c1. The smallest absolute Gasteiger partial charge is 0.338 e. The van der Waals surface area contributed by atoms with Crippen molar-refractivity contribution in [3.63, 3.8) is 0 Å². The Bertz CT molecular complexity index is 655. The van der Waals surface area contributed by atoms with Crippen LogP contribution in [0.3, 0.4) is 0 Å². The predicted molar refractivity (Wildman–Crippen MR) is 91.8 cm³/mol. The molecule has 1 heterocycles. The number of carbonyl (C=O) groups is 1. The molecular formula is C14H14BrClN2O3S. The molecule has 0 bridgehead atoms. The zero-order valence-corrected chi connectivity index (χ0v) is 15.0. The number of esters is 1. The summed E-state index contributed by atoms with van der Waals surface area (Å²) in [5, 5.41) is 16.3. The number of benzene rings is 1. The molecule has 0 aliphatic carbocycles. The number of rotatable bonds is 3. The molecular weight excluding hydrogens is 392 g/mol. The highest BCUT2D eigenvalue weighted by molar-refractivity contribution is 9.10. The third-order valence-corrected chi connectivity index (χ3v) is 4.25. The molecule has 5 nitrogen and oxygen atoms in total. The van der Waals surface area contributed by atoms with Crippen LogP contribution in [0, 0.1) is 0 Å². The number of phenolic OH excluding ortho intramolecular Hbond substituents is 1. The fourth-order valence-corrected chi connectivity index (χ4v) is 3.27. The normalized spacial score (nSPS) is 17.8. The van der Waals surface area contributed by atoms with Gasteiger partial charge in [0.15, 0.2) is 5.11 Å². The molecule has 118 valence electrons. The van der Waals surface area contributed by atoms with Gasteiger partial charge >= 0.3 is 5.97 Å². The number of ether oxygens (including phenoxy) is 1. The molecule has 0 amide bonds. The van der Waals surface area contributed by atoms with Crippen molar-refractivity contribution in [2.24, 2.45) is 0 Å². The van der Waals surface area contributed by atoms with E-state index in [0.717, 1.165) is 0 Å². The Hall–Kier alpha value is -1.31. The van der Waals surface area contributed by atoms with Gasteiger partial charge in [0, 0.05) is 5.70 Å². The van der Waals surface area contributed by atoms with Crippen LogP contribution < -0.4 is 10.6 Å². The molecule has 0 saturated carbocycles. The van der Waals surface area contributed by atoms with Crippen molar-refractivity contribution in [3.05, 3.63) is 38.5 Å². The van der Waals surface area contributed by atoms with Gasteiger partial charge in [0.25, 0.3) is 0 Å². The summed E-state index contributed by atoms with van der Waals surface area (Å²) in [6, 6.07) is 2.75. The van der Waals surface area contributed by atoms with Crippen molar-refractivity contribution < 1.29 is 14.6 Å². The minimum Gasteiger partial charge on any atom is -0.505 e. The summed E-state index contributed by atoms with van der Waals surface area (Å²) >= 11 is 14.4. The fourth-order valence-electron chi connectivity index (χ4n) is 2.18. The minimum atomic E-state index is -0.512. The van der Waals surface area contributed by atoms with Gasteiger partial charge in [-0.1, -0.05) is 11.6 Å². The van der Waals surface area contributed by atoms with Gasteiger partial charge in [0.05, 0.1) is 27.7 Å². The maximum Gasteiger partial charge on any atom is 0.338 e. The molecule has 2 rings (SSSR count). The van der Waals surface area contributed by atoms with Gasteiger partial charge in [0.2, 0.25) is 0 Å². The Morgan fingerprint density at radius 1 is 1.55 bits per heavy atom. The van der Waals surface area contributed by atoms with E-state index in [1.165, 1.54) is 0 Å². The number of carbonyl (C=O) groups excluding carboxylic acids is 1. The Morgan fingerprint density at radius 2 is 2.23 bits per heavy atom. The number of thiocarbonyl (C=S) groups is 1. The lowest BCUT2D eigenvalue weighted by molar-refractivity contribution is -0.139. The molecule has 1 atom stereocenters. The highest BCUT2D eigenvalue weighted by Gasteiger charge is 2.31. The highest BCUT2D eigenvalue weighted by Crippen LogP contribution is 2.37. The Kier molecular flexibility index (Phi) is 5.31. The standard InChI is InChI=1S/C14H14BrClN2O3S/c1-3-21-13(20)10-6(2)17-14(22)18-11(10)7-4-8(15)12(19)9(16)5-7/h4-5,11,19H,3H2,1-2H3,(H2,17,18,22)/t11-/m1/s1. The largest absolute Gasteiger partial charge is 0.505 e. The zero-order chi connectivity index (χ0) is 16.4. The second-order valence-corrected chi connectivity index (χ2v) is 6.29. The van der Waals surface area contributed by atoms with Crippen LogP contribution in [0.5, 0.6) is 5.75 Å². The number of phenols is 1. The molecule has 0 saturated heterocycles. The molecule has 8 heteroatoms. The molecule has 0 spiro atoms. The van der Waals surface area contributed by atoms with E-state index >= 15 is 0 Å². The number of halogens is 2. The Labute approximate surface area is 146 Å². The number of nitrogens with one attached hydrogen (secondary N) is 2. The van der Waals surface area contributed by atoms with Crippen molar-refractivity contribution in [2.45, 2.75) is 19.9 Å². The van der Waals surface area contributed by atoms with E-state index < -0.39 is 12.0 Å². The lowest BCUT2D eigenvalue weighted by Crippen LogP contribution is -2.45. The fraction of sp³-hybridized carbons (Fsp3) is 0.286. The third-order valence-electron chi connectivity index (χ3n) is 3.14. The van der Waals surface area contributed by atoms with Crippen molar-refractivity contribution in [1.82, 2.24) is 10.6 Å². The van der Waals surface area contributed by atoms with Gasteiger partial charge in [-0.3, -0.25) is 0 Å². The topological polar surface area (TPSA) is 70.6 Å². The molecule has 0 aromatic heterocycles. The Morgan fingerprint density at radius 3 is 2.82 bits per heavy atom. The van der Waals surface area contributed by atoms with E-state index in [-0.39, 0.29) is 17.4 Å². The van der Waals surface area contributed by atoms with Crippen LogP contribution in [0.25, 0.3) is 0 Å². The van der Waals surface area contributed by atoms with Gasteiger partial charge in [-0.2, -0.15) is 0 Å². The summed E-state index contributed by atoms with van der Waals surface area (Å²) in [5.41, 5.74) is 1.72. The van der Waals surface area contributed by atoms with Crippen LogP contribution >= 0.6 is 39.7 Å². The maximum absolute atomic E-state index is 12.2. The van der Waals surface area contributed by atoms with Crippen molar-refractivity contribution in [1.29, 1.82) is 0 Å². The average molecular weight is 406 g/mol. The number of hydrogen-bond donors (Lipinski definition) is 3. The van der Waals surface area contributed by atoms with Crippen molar-refractivity contribution in [3.8, 4) is 5.75 Å². The van der Waals surface area contributed by atoms with Crippen LogP contribution in [0.1, 0.15) is 25.5 Å². The van der Waals surface area contributed by atoms with Crippen LogP contribution in [-0.4, -0.2) is 22.8 Å². The molecule has 1 aromatic rings. The zero-order valence-electron chi connectivity index (χ0n) is 11.9. The van der Waals surface area contributed by atoms with Gasteiger partial charge in [-0.25, -0.2) is 4.79 Å². The monoisotopic (exact) mass is 404 g/mol. The van der Waals surface area contributed by atoms with Gasteiger partial charge < -0.3 is 20.5 Å². The molecule has 1 aliphatic heterocycles.